The maximum absolute atomic E-state index is 8.92. The minimum atomic E-state index is -0.110. The lowest BCUT2D eigenvalue weighted by Crippen LogP contribution is -2.22. The van der Waals surface area contributed by atoms with Gasteiger partial charge in [0.05, 0.1) is 6.04 Å². The summed E-state index contributed by atoms with van der Waals surface area (Å²) in [5.41, 5.74) is 1.97. The van der Waals surface area contributed by atoms with E-state index in [0.29, 0.717) is 5.76 Å². The first-order valence-electron chi connectivity index (χ1n) is 6.88. The summed E-state index contributed by atoms with van der Waals surface area (Å²) >= 11 is 0. The van der Waals surface area contributed by atoms with Gasteiger partial charge in [-0.3, -0.25) is 0 Å². The van der Waals surface area contributed by atoms with Crippen LogP contribution in [0.3, 0.4) is 0 Å². The Morgan fingerprint density at radius 2 is 2.05 bits per heavy atom. The highest BCUT2D eigenvalue weighted by Gasteiger charge is 2.10. The lowest BCUT2D eigenvalue weighted by Gasteiger charge is -2.11. The lowest BCUT2D eigenvalue weighted by atomic mass is 10.2. The normalized spacial score (nSPS) is 12.3. The number of rotatable bonds is 8. The number of benzene rings is 1. The van der Waals surface area contributed by atoms with E-state index in [1.54, 1.807) is 6.07 Å². The lowest BCUT2D eigenvalue weighted by molar-refractivity contribution is 0.228. The summed E-state index contributed by atoms with van der Waals surface area (Å²) in [4.78, 5) is 0. The minimum Gasteiger partial charge on any atom is -0.388 e. The molecule has 0 fully saturated rings. The van der Waals surface area contributed by atoms with Crippen LogP contribution >= 0.6 is 0 Å². The highest BCUT2D eigenvalue weighted by atomic mass is 16.5. The number of hydrogen-bond donors (Lipinski definition) is 3. The Hall–Kier alpha value is -1.85. The average Bonchev–Trinajstić information content (AvgIpc) is 2.97. The molecule has 3 N–H and O–H groups in total. The fourth-order valence-corrected chi connectivity index (χ4v) is 1.91. The SMILES string of the molecule is C[C@H](NCCCNc1ccccc1)c1cc(CO)on1. The number of aliphatic hydroxyl groups excluding tert-OH is 1. The number of hydrogen-bond acceptors (Lipinski definition) is 5. The Morgan fingerprint density at radius 1 is 1.25 bits per heavy atom. The molecule has 20 heavy (non-hydrogen) atoms. The van der Waals surface area contributed by atoms with Gasteiger partial charge < -0.3 is 20.3 Å². The quantitative estimate of drug-likeness (QED) is 0.645. The van der Waals surface area contributed by atoms with Gasteiger partial charge in [-0.05, 0) is 32.0 Å². The molecule has 0 unspecified atom stereocenters. The van der Waals surface area contributed by atoms with Crippen molar-refractivity contribution in [2.75, 3.05) is 18.4 Å². The van der Waals surface area contributed by atoms with Gasteiger partial charge in [0.15, 0.2) is 5.76 Å². The van der Waals surface area contributed by atoms with Crippen molar-refractivity contribution in [3.63, 3.8) is 0 Å². The Bertz CT molecular complexity index is 499. The van der Waals surface area contributed by atoms with Crippen molar-refractivity contribution >= 4 is 5.69 Å². The fourth-order valence-electron chi connectivity index (χ4n) is 1.91. The summed E-state index contributed by atoms with van der Waals surface area (Å²) in [6.07, 6.45) is 1.02. The number of anilines is 1. The van der Waals surface area contributed by atoms with Gasteiger partial charge in [0.2, 0.25) is 0 Å². The first kappa shape index (κ1) is 14.6. The van der Waals surface area contributed by atoms with Crippen molar-refractivity contribution in [3.8, 4) is 0 Å². The molecule has 0 saturated heterocycles. The molecule has 0 amide bonds. The van der Waals surface area contributed by atoms with E-state index in [9.17, 15) is 0 Å². The second-order valence-corrected chi connectivity index (χ2v) is 4.70. The largest absolute Gasteiger partial charge is 0.388 e. The van der Waals surface area contributed by atoms with Gasteiger partial charge >= 0.3 is 0 Å². The van der Waals surface area contributed by atoms with Gasteiger partial charge in [-0.1, -0.05) is 23.4 Å². The highest BCUT2D eigenvalue weighted by Crippen LogP contribution is 2.12. The summed E-state index contributed by atoms with van der Waals surface area (Å²) in [6.45, 7) is 3.73. The van der Waals surface area contributed by atoms with Gasteiger partial charge in [-0.25, -0.2) is 0 Å². The van der Waals surface area contributed by atoms with Crippen LogP contribution in [-0.4, -0.2) is 23.4 Å². The standard InChI is InChI=1S/C15H21N3O2/c1-12(15-10-14(11-19)20-18-15)16-8-5-9-17-13-6-3-2-4-7-13/h2-4,6-7,10,12,16-17,19H,5,8-9,11H2,1H3/t12-/m0/s1. The molecule has 1 heterocycles. The van der Waals surface area contributed by atoms with Crippen LogP contribution in [0.1, 0.15) is 30.8 Å². The number of para-hydroxylation sites is 1. The molecule has 1 aromatic heterocycles. The molecule has 0 aliphatic rings. The topological polar surface area (TPSA) is 70.3 Å². The van der Waals surface area contributed by atoms with E-state index in [-0.39, 0.29) is 12.6 Å². The van der Waals surface area contributed by atoms with Crippen molar-refractivity contribution in [1.29, 1.82) is 0 Å². The molecule has 5 heteroatoms. The van der Waals surface area contributed by atoms with E-state index >= 15 is 0 Å². The van der Waals surface area contributed by atoms with Crippen LogP contribution < -0.4 is 10.6 Å². The molecular weight excluding hydrogens is 254 g/mol. The van der Waals surface area contributed by atoms with E-state index in [2.05, 4.69) is 27.9 Å². The summed E-state index contributed by atoms with van der Waals surface area (Å²) in [6, 6.07) is 12.1. The molecule has 2 rings (SSSR count). The second kappa shape index (κ2) is 7.67. The molecule has 0 aliphatic carbocycles. The van der Waals surface area contributed by atoms with Gasteiger partial charge in [0.25, 0.3) is 0 Å². The zero-order valence-electron chi connectivity index (χ0n) is 11.7. The zero-order chi connectivity index (χ0) is 14.2. The van der Waals surface area contributed by atoms with Crippen LogP contribution in [0.2, 0.25) is 0 Å². The maximum atomic E-state index is 8.92. The molecule has 0 saturated carbocycles. The Morgan fingerprint density at radius 3 is 2.75 bits per heavy atom. The van der Waals surface area contributed by atoms with Crippen molar-refractivity contribution in [3.05, 3.63) is 47.9 Å². The first-order chi connectivity index (χ1) is 9.79. The van der Waals surface area contributed by atoms with E-state index in [1.165, 1.54) is 0 Å². The molecule has 2 aromatic rings. The van der Waals surface area contributed by atoms with Crippen molar-refractivity contribution in [1.82, 2.24) is 10.5 Å². The molecule has 0 radical (unpaired) electrons. The smallest absolute Gasteiger partial charge is 0.162 e. The summed E-state index contributed by atoms with van der Waals surface area (Å²) < 4.78 is 4.97. The van der Waals surface area contributed by atoms with Gasteiger partial charge in [0, 0.05) is 18.3 Å². The van der Waals surface area contributed by atoms with Gasteiger partial charge in [-0.2, -0.15) is 0 Å². The zero-order valence-corrected chi connectivity index (χ0v) is 11.7. The maximum Gasteiger partial charge on any atom is 0.162 e. The number of nitrogens with one attached hydrogen (secondary N) is 2. The van der Waals surface area contributed by atoms with Crippen LogP contribution in [0.4, 0.5) is 5.69 Å². The highest BCUT2D eigenvalue weighted by molar-refractivity contribution is 5.42. The third-order valence-electron chi connectivity index (χ3n) is 3.08. The van der Waals surface area contributed by atoms with E-state index in [0.717, 1.165) is 30.9 Å². The number of aliphatic hydroxyl groups is 1. The summed E-state index contributed by atoms with van der Waals surface area (Å²) in [7, 11) is 0. The van der Waals surface area contributed by atoms with E-state index < -0.39 is 0 Å². The van der Waals surface area contributed by atoms with Crippen LogP contribution in [-0.2, 0) is 6.61 Å². The molecule has 1 atom stereocenters. The Labute approximate surface area is 119 Å². The van der Waals surface area contributed by atoms with Crippen LogP contribution in [0.15, 0.2) is 40.9 Å². The summed E-state index contributed by atoms with van der Waals surface area (Å²) in [5.74, 6) is 0.499. The Kier molecular flexibility index (Phi) is 5.58. The van der Waals surface area contributed by atoms with Crippen LogP contribution in [0.25, 0.3) is 0 Å². The molecule has 0 spiro atoms. The fraction of sp³-hybridized carbons (Fsp3) is 0.400. The molecule has 0 bridgehead atoms. The van der Waals surface area contributed by atoms with E-state index in [1.807, 2.05) is 25.1 Å². The van der Waals surface area contributed by atoms with Crippen molar-refractivity contribution < 1.29 is 9.63 Å². The number of nitrogens with zero attached hydrogens (tertiary/aromatic N) is 1. The minimum absolute atomic E-state index is 0.110. The third-order valence-corrected chi connectivity index (χ3v) is 3.08. The molecule has 0 aliphatic heterocycles. The second-order valence-electron chi connectivity index (χ2n) is 4.70. The van der Waals surface area contributed by atoms with Crippen LogP contribution in [0, 0.1) is 0 Å². The van der Waals surface area contributed by atoms with Crippen molar-refractivity contribution in [2.24, 2.45) is 0 Å². The first-order valence-corrected chi connectivity index (χ1v) is 6.88. The average molecular weight is 275 g/mol. The Balaban J connectivity index is 1.63. The van der Waals surface area contributed by atoms with Crippen molar-refractivity contribution in [2.45, 2.75) is 26.0 Å². The van der Waals surface area contributed by atoms with Gasteiger partial charge in [-0.15, -0.1) is 0 Å². The van der Waals surface area contributed by atoms with Gasteiger partial charge in [0.1, 0.15) is 12.3 Å². The molecule has 108 valence electrons. The number of aromatic nitrogens is 1. The molecule has 1 aromatic carbocycles. The monoisotopic (exact) mass is 275 g/mol. The van der Waals surface area contributed by atoms with Crippen LogP contribution in [0.5, 0.6) is 0 Å². The molecular formula is C15H21N3O2. The van der Waals surface area contributed by atoms with E-state index in [4.69, 9.17) is 9.63 Å². The predicted octanol–water partition coefficient (Wildman–Crippen LogP) is 2.32. The third kappa shape index (κ3) is 4.36. The predicted molar refractivity (Wildman–Crippen MR) is 78.4 cm³/mol. The summed E-state index contributed by atoms with van der Waals surface area (Å²) in [5, 5.41) is 19.6. The molecule has 5 nitrogen and oxygen atoms in total.